The molecule has 4 heteroatoms. The largest absolute Gasteiger partial charge is 0.469 e. The third-order valence-corrected chi connectivity index (χ3v) is 4.56. The van der Waals surface area contributed by atoms with Gasteiger partial charge in [-0.1, -0.05) is 19.8 Å². The summed E-state index contributed by atoms with van der Waals surface area (Å²) >= 11 is 0. The Bertz CT molecular complexity index is 313. The van der Waals surface area contributed by atoms with Gasteiger partial charge in [0.2, 0.25) is 0 Å². The van der Waals surface area contributed by atoms with Gasteiger partial charge in [-0.15, -0.1) is 0 Å². The van der Waals surface area contributed by atoms with Gasteiger partial charge in [0.05, 0.1) is 24.7 Å². The number of esters is 1. The molecule has 2 atom stereocenters. The second-order valence-electron chi connectivity index (χ2n) is 6.31. The molecule has 0 aromatic rings. The van der Waals surface area contributed by atoms with Crippen molar-refractivity contribution >= 4 is 5.97 Å². The van der Waals surface area contributed by atoms with Crippen LogP contribution >= 0.6 is 0 Å². The average Bonchev–Trinajstić information content (AvgIpc) is 2.99. The summed E-state index contributed by atoms with van der Waals surface area (Å²) in [6, 6.07) is 0. The highest BCUT2D eigenvalue weighted by molar-refractivity contribution is 5.72. The summed E-state index contributed by atoms with van der Waals surface area (Å²) in [4.78, 5) is 13.6. The highest BCUT2D eigenvalue weighted by Crippen LogP contribution is 2.43. The van der Waals surface area contributed by atoms with Crippen molar-refractivity contribution in [1.82, 2.24) is 4.90 Å². The summed E-state index contributed by atoms with van der Waals surface area (Å²) < 4.78 is 11.1. The van der Waals surface area contributed by atoms with Crippen LogP contribution in [0.5, 0.6) is 0 Å². The van der Waals surface area contributed by atoms with Crippen LogP contribution in [-0.4, -0.2) is 49.8 Å². The van der Waals surface area contributed by atoms with Crippen LogP contribution in [0.3, 0.4) is 0 Å². The number of carbonyl (C=O) groups is 1. The fraction of sp³-hybridized carbons (Fsp3) is 0.933. The maximum absolute atomic E-state index is 11.4. The van der Waals surface area contributed by atoms with Gasteiger partial charge >= 0.3 is 5.97 Å². The molecule has 1 spiro atoms. The first-order chi connectivity index (χ1) is 9.04. The Morgan fingerprint density at radius 2 is 2.11 bits per heavy atom. The molecule has 2 rings (SSSR count). The van der Waals surface area contributed by atoms with E-state index in [1.165, 1.54) is 39.2 Å². The van der Waals surface area contributed by atoms with E-state index in [0.29, 0.717) is 6.10 Å². The first-order valence-electron chi connectivity index (χ1n) is 7.49. The van der Waals surface area contributed by atoms with E-state index >= 15 is 0 Å². The van der Waals surface area contributed by atoms with Gasteiger partial charge in [-0.2, -0.15) is 0 Å². The van der Waals surface area contributed by atoms with Gasteiger partial charge in [0, 0.05) is 13.1 Å². The number of methoxy groups -OCH3 is 1. The van der Waals surface area contributed by atoms with Crippen LogP contribution in [0.4, 0.5) is 0 Å². The molecule has 1 aliphatic heterocycles. The van der Waals surface area contributed by atoms with E-state index in [1.54, 1.807) is 0 Å². The number of carbonyl (C=O) groups excluding carboxylic acids is 1. The number of ether oxygens (including phenoxy) is 2. The number of hydrogen-bond donors (Lipinski definition) is 0. The lowest BCUT2D eigenvalue weighted by Gasteiger charge is -2.27. The van der Waals surface area contributed by atoms with Crippen molar-refractivity contribution in [2.45, 2.75) is 57.2 Å². The predicted molar refractivity (Wildman–Crippen MR) is 74.0 cm³/mol. The number of likely N-dealkylation sites (N-methyl/N-ethyl adjacent to an activating group) is 1. The zero-order chi connectivity index (χ0) is 13.9. The molecule has 1 saturated heterocycles. The van der Waals surface area contributed by atoms with Crippen molar-refractivity contribution in [3.05, 3.63) is 0 Å². The Labute approximate surface area is 116 Å². The zero-order valence-corrected chi connectivity index (χ0v) is 12.5. The van der Waals surface area contributed by atoms with Crippen molar-refractivity contribution in [3.63, 3.8) is 0 Å². The molecule has 2 fully saturated rings. The van der Waals surface area contributed by atoms with E-state index < -0.39 is 0 Å². The molecule has 0 N–H and O–H groups in total. The fourth-order valence-corrected chi connectivity index (χ4v) is 3.58. The Morgan fingerprint density at radius 1 is 1.42 bits per heavy atom. The summed E-state index contributed by atoms with van der Waals surface area (Å²) in [5, 5.41) is 0. The minimum Gasteiger partial charge on any atom is -0.469 e. The molecule has 1 aliphatic carbocycles. The highest BCUT2D eigenvalue weighted by Gasteiger charge is 2.42. The van der Waals surface area contributed by atoms with Crippen molar-refractivity contribution in [3.8, 4) is 0 Å². The Kier molecular flexibility index (Phi) is 4.85. The second-order valence-corrected chi connectivity index (χ2v) is 6.31. The molecular formula is C15H27NO3. The van der Waals surface area contributed by atoms with Crippen LogP contribution in [0, 0.1) is 5.92 Å². The molecule has 110 valence electrons. The Hall–Kier alpha value is -0.610. The summed E-state index contributed by atoms with van der Waals surface area (Å²) in [5.41, 5.74) is 0.208. The smallest absolute Gasteiger partial charge is 0.309 e. The first-order valence-corrected chi connectivity index (χ1v) is 7.49. The highest BCUT2D eigenvalue weighted by atomic mass is 16.5. The summed E-state index contributed by atoms with van der Waals surface area (Å²) in [6.45, 7) is 3.57. The van der Waals surface area contributed by atoms with E-state index in [2.05, 4.69) is 11.9 Å². The molecule has 0 bridgehead atoms. The standard InChI is InChI=1S/C15H27NO3/c1-12(14(17)18-3)10-16(2)11-13-6-9-15(19-13)7-4-5-8-15/h12-13H,4-11H2,1-3H3. The predicted octanol–water partition coefficient (Wildman–Crippen LogP) is 2.22. The molecule has 2 unspecified atom stereocenters. The number of rotatable bonds is 5. The fourth-order valence-electron chi connectivity index (χ4n) is 3.58. The maximum Gasteiger partial charge on any atom is 0.309 e. The van der Waals surface area contributed by atoms with E-state index in [1.807, 2.05) is 6.92 Å². The van der Waals surface area contributed by atoms with Gasteiger partial charge in [0.25, 0.3) is 0 Å². The van der Waals surface area contributed by atoms with Gasteiger partial charge in [-0.05, 0) is 32.7 Å². The SMILES string of the molecule is COC(=O)C(C)CN(C)CC1CCC2(CCCC2)O1. The van der Waals surface area contributed by atoms with E-state index in [-0.39, 0.29) is 17.5 Å². The van der Waals surface area contributed by atoms with Crippen molar-refractivity contribution < 1.29 is 14.3 Å². The second kappa shape index (κ2) is 6.23. The van der Waals surface area contributed by atoms with Gasteiger partial charge in [0.15, 0.2) is 0 Å². The lowest BCUT2D eigenvalue weighted by atomic mass is 9.98. The van der Waals surface area contributed by atoms with Crippen LogP contribution in [-0.2, 0) is 14.3 Å². The maximum atomic E-state index is 11.4. The number of nitrogens with zero attached hydrogens (tertiary/aromatic N) is 1. The van der Waals surface area contributed by atoms with Gasteiger partial charge < -0.3 is 14.4 Å². The first kappa shape index (κ1) is 14.8. The van der Waals surface area contributed by atoms with Crippen LogP contribution in [0.1, 0.15) is 45.4 Å². The molecule has 1 saturated carbocycles. The lowest BCUT2D eigenvalue weighted by molar-refractivity contribution is -0.145. The summed E-state index contributed by atoms with van der Waals surface area (Å²) in [7, 11) is 3.51. The van der Waals surface area contributed by atoms with Crippen molar-refractivity contribution in [1.29, 1.82) is 0 Å². The van der Waals surface area contributed by atoms with Crippen LogP contribution in [0.2, 0.25) is 0 Å². The Morgan fingerprint density at radius 3 is 2.74 bits per heavy atom. The van der Waals surface area contributed by atoms with E-state index in [4.69, 9.17) is 9.47 Å². The van der Waals surface area contributed by atoms with E-state index in [0.717, 1.165) is 19.5 Å². The molecule has 0 radical (unpaired) electrons. The van der Waals surface area contributed by atoms with Crippen LogP contribution < -0.4 is 0 Å². The van der Waals surface area contributed by atoms with Crippen molar-refractivity contribution in [2.24, 2.45) is 5.92 Å². The molecule has 2 aliphatic rings. The van der Waals surface area contributed by atoms with Crippen molar-refractivity contribution in [2.75, 3.05) is 27.2 Å². The number of hydrogen-bond acceptors (Lipinski definition) is 4. The molecule has 0 aromatic carbocycles. The normalized spacial score (nSPS) is 27.1. The monoisotopic (exact) mass is 269 g/mol. The third-order valence-electron chi connectivity index (χ3n) is 4.56. The zero-order valence-electron chi connectivity index (χ0n) is 12.5. The van der Waals surface area contributed by atoms with Crippen LogP contribution in [0.15, 0.2) is 0 Å². The molecular weight excluding hydrogens is 242 g/mol. The minimum absolute atomic E-state index is 0.0724. The minimum atomic E-state index is -0.133. The van der Waals surface area contributed by atoms with E-state index in [9.17, 15) is 4.79 Å². The Balaban J connectivity index is 1.74. The molecule has 4 nitrogen and oxygen atoms in total. The molecule has 0 aromatic heterocycles. The summed E-state index contributed by atoms with van der Waals surface area (Å²) in [5.74, 6) is -0.205. The molecule has 1 heterocycles. The molecule has 0 amide bonds. The quantitative estimate of drug-likeness (QED) is 0.717. The lowest BCUT2D eigenvalue weighted by Crippen LogP contribution is -2.36. The topological polar surface area (TPSA) is 38.8 Å². The third kappa shape index (κ3) is 3.69. The van der Waals surface area contributed by atoms with Crippen LogP contribution in [0.25, 0.3) is 0 Å². The van der Waals surface area contributed by atoms with Gasteiger partial charge in [-0.25, -0.2) is 0 Å². The van der Waals surface area contributed by atoms with Gasteiger partial charge in [0.1, 0.15) is 0 Å². The molecule has 19 heavy (non-hydrogen) atoms. The average molecular weight is 269 g/mol. The summed E-state index contributed by atoms with van der Waals surface area (Å²) in [6.07, 6.45) is 7.85. The van der Waals surface area contributed by atoms with Gasteiger partial charge in [-0.3, -0.25) is 4.79 Å².